The molecule has 2 fully saturated rings. The van der Waals surface area contributed by atoms with E-state index in [1.165, 1.54) is 4.90 Å². The molecule has 6 nitrogen and oxygen atoms in total. The van der Waals surface area contributed by atoms with Crippen LogP contribution in [0.4, 0.5) is 5.69 Å². The van der Waals surface area contributed by atoms with Gasteiger partial charge in [-0.25, -0.2) is 0 Å². The normalized spacial score (nSPS) is 31.6. The average Bonchev–Trinajstić information content (AvgIpc) is 3.24. The van der Waals surface area contributed by atoms with Crippen LogP contribution in [0.1, 0.15) is 31.7 Å². The fourth-order valence-electron chi connectivity index (χ4n) is 4.85. The number of rotatable bonds is 6. The van der Waals surface area contributed by atoms with Crippen molar-refractivity contribution in [2.45, 2.75) is 37.8 Å². The van der Waals surface area contributed by atoms with Gasteiger partial charge < -0.3 is 5.32 Å². The van der Waals surface area contributed by atoms with Crippen molar-refractivity contribution in [1.29, 1.82) is 0 Å². The first kappa shape index (κ1) is 18.5. The Morgan fingerprint density at radius 2 is 1.96 bits per heavy atom. The molecule has 1 aromatic carbocycles. The summed E-state index contributed by atoms with van der Waals surface area (Å²) in [7, 11) is 0. The van der Waals surface area contributed by atoms with Crippen molar-refractivity contribution < 1.29 is 14.4 Å². The predicted molar refractivity (Wildman–Crippen MR) is 105 cm³/mol. The highest BCUT2D eigenvalue weighted by Crippen LogP contribution is 2.53. The summed E-state index contributed by atoms with van der Waals surface area (Å²) in [6, 6.07) is 7.31. The molecule has 7 heteroatoms. The van der Waals surface area contributed by atoms with E-state index in [9.17, 15) is 14.4 Å². The zero-order chi connectivity index (χ0) is 19.2. The Morgan fingerprint density at radius 3 is 2.70 bits per heavy atom. The molecular weight excluding hydrogens is 362 g/mol. The maximum absolute atomic E-state index is 13.3. The van der Waals surface area contributed by atoms with E-state index in [2.05, 4.69) is 10.6 Å². The van der Waals surface area contributed by atoms with Gasteiger partial charge in [-0.2, -0.15) is 11.8 Å². The number of imide groups is 1. The van der Waals surface area contributed by atoms with Gasteiger partial charge in [-0.3, -0.25) is 24.6 Å². The lowest BCUT2D eigenvalue weighted by molar-refractivity contribution is -0.142. The van der Waals surface area contributed by atoms with Gasteiger partial charge in [0.1, 0.15) is 5.54 Å². The summed E-state index contributed by atoms with van der Waals surface area (Å²) in [6.45, 7) is 2.48. The first-order valence-electron chi connectivity index (χ1n) is 9.59. The summed E-state index contributed by atoms with van der Waals surface area (Å²) < 4.78 is 0. The zero-order valence-corrected chi connectivity index (χ0v) is 16.5. The Hall–Kier alpha value is -1.86. The third-order valence-electron chi connectivity index (χ3n) is 6.08. The van der Waals surface area contributed by atoms with Gasteiger partial charge in [-0.1, -0.05) is 31.5 Å². The second-order valence-electron chi connectivity index (χ2n) is 7.53. The average molecular weight is 388 g/mol. The number of fused-ring (bicyclic) bond motifs is 4. The SMILES string of the molecule is CCCCN1C(=O)[C@@H]2C(CCSC)NC3(C(=O)Nc4ccccc43)[C@@H]2C1=O. The summed E-state index contributed by atoms with van der Waals surface area (Å²) >= 11 is 1.71. The van der Waals surface area contributed by atoms with Crippen LogP contribution < -0.4 is 10.6 Å². The van der Waals surface area contributed by atoms with Crippen molar-refractivity contribution >= 4 is 35.2 Å². The number of nitrogens with zero attached hydrogens (tertiary/aromatic N) is 1. The molecule has 27 heavy (non-hydrogen) atoms. The molecular formula is C20H25N3O3S. The second kappa shape index (κ2) is 6.95. The van der Waals surface area contributed by atoms with Crippen molar-refractivity contribution in [2.24, 2.45) is 11.8 Å². The van der Waals surface area contributed by atoms with E-state index in [1.54, 1.807) is 11.8 Å². The molecule has 4 atom stereocenters. The quantitative estimate of drug-likeness (QED) is 0.730. The Bertz CT molecular complexity index is 798. The summed E-state index contributed by atoms with van der Waals surface area (Å²) in [4.78, 5) is 41.0. The minimum Gasteiger partial charge on any atom is -0.324 e. The highest BCUT2D eigenvalue weighted by molar-refractivity contribution is 7.98. The van der Waals surface area contributed by atoms with Gasteiger partial charge in [0.15, 0.2) is 0 Å². The minimum absolute atomic E-state index is 0.119. The number of carbonyl (C=O) groups excluding carboxylic acids is 3. The molecule has 3 heterocycles. The molecule has 0 radical (unpaired) electrons. The number of nitrogens with one attached hydrogen (secondary N) is 2. The number of hydrogen-bond donors (Lipinski definition) is 2. The van der Waals surface area contributed by atoms with Gasteiger partial charge in [0.25, 0.3) is 0 Å². The zero-order valence-electron chi connectivity index (χ0n) is 15.7. The molecule has 0 aromatic heterocycles. The van der Waals surface area contributed by atoms with Crippen LogP contribution in [0, 0.1) is 11.8 Å². The van der Waals surface area contributed by atoms with E-state index in [4.69, 9.17) is 0 Å². The molecule has 2 saturated heterocycles. The van der Waals surface area contributed by atoms with E-state index < -0.39 is 17.4 Å². The summed E-state index contributed by atoms with van der Waals surface area (Å²) in [5.41, 5.74) is 0.375. The van der Waals surface area contributed by atoms with Crippen LogP contribution in [0.25, 0.3) is 0 Å². The van der Waals surface area contributed by atoms with E-state index >= 15 is 0 Å². The van der Waals surface area contributed by atoms with Gasteiger partial charge in [-0.05, 0) is 30.9 Å². The molecule has 2 N–H and O–H groups in total. The number of anilines is 1. The molecule has 144 valence electrons. The molecule has 1 aromatic rings. The Labute approximate surface area is 163 Å². The molecule has 3 aliphatic heterocycles. The maximum atomic E-state index is 13.3. The monoisotopic (exact) mass is 387 g/mol. The number of amides is 3. The lowest BCUT2D eigenvalue weighted by atomic mass is 9.76. The number of likely N-dealkylation sites (tertiary alicyclic amines) is 1. The second-order valence-corrected chi connectivity index (χ2v) is 8.51. The van der Waals surface area contributed by atoms with Gasteiger partial charge in [0.05, 0.1) is 11.8 Å². The fraction of sp³-hybridized carbons (Fsp3) is 0.550. The number of hydrogen-bond acceptors (Lipinski definition) is 5. The lowest BCUT2D eigenvalue weighted by Crippen LogP contribution is -2.53. The minimum atomic E-state index is -1.14. The number of thioether (sulfide) groups is 1. The predicted octanol–water partition coefficient (Wildman–Crippen LogP) is 1.96. The third-order valence-corrected chi connectivity index (χ3v) is 6.73. The molecule has 3 amide bonds. The third kappa shape index (κ3) is 2.55. The van der Waals surface area contributed by atoms with Crippen molar-refractivity contribution in [3.05, 3.63) is 29.8 Å². The topological polar surface area (TPSA) is 78.5 Å². The molecule has 1 spiro atoms. The van der Waals surface area contributed by atoms with Gasteiger partial charge >= 0.3 is 0 Å². The van der Waals surface area contributed by atoms with Gasteiger partial charge in [0.2, 0.25) is 17.7 Å². The number of carbonyl (C=O) groups is 3. The van der Waals surface area contributed by atoms with E-state index in [1.807, 2.05) is 37.4 Å². The van der Waals surface area contributed by atoms with Crippen molar-refractivity contribution in [2.75, 3.05) is 23.9 Å². The maximum Gasteiger partial charge on any atom is 0.250 e. The Morgan fingerprint density at radius 1 is 1.19 bits per heavy atom. The molecule has 0 saturated carbocycles. The van der Waals surface area contributed by atoms with Crippen LogP contribution >= 0.6 is 11.8 Å². The Kier molecular flexibility index (Phi) is 4.76. The largest absolute Gasteiger partial charge is 0.324 e. The number of para-hydroxylation sites is 1. The molecule has 0 aliphatic carbocycles. The molecule has 3 aliphatic rings. The van der Waals surface area contributed by atoms with E-state index in [0.717, 1.165) is 36.3 Å². The smallest absolute Gasteiger partial charge is 0.250 e. The number of unbranched alkanes of at least 4 members (excludes halogenated alkanes) is 1. The van der Waals surface area contributed by atoms with Crippen LogP contribution in [0.2, 0.25) is 0 Å². The summed E-state index contributed by atoms with van der Waals surface area (Å²) in [5.74, 6) is -0.813. The molecule has 2 unspecified atom stereocenters. The molecule has 0 bridgehead atoms. The first-order chi connectivity index (χ1) is 13.1. The number of benzene rings is 1. The summed E-state index contributed by atoms with van der Waals surface area (Å²) in [5, 5.41) is 6.38. The standard InChI is InChI=1S/C20H25N3O3S/c1-3-4-10-23-17(24)15-14(9-11-27-2)22-20(16(15)18(23)25)12-7-5-6-8-13(12)21-19(20)26/h5-8,14-16,22H,3-4,9-11H2,1-2H3,(H,21,26)/t14?,15-,16+,20?/m1/s1. The van der Waals surface area contributed by atoms with Crippen LogP contribution in [-0.4, -0.2) is 47.2 Å². The van der Waals surface area contributed by atoms with Crippen LogP contribution in [-0.2, 0) is 19.9 Å². The first-order valence-corrected chi connectivity index (χ1v) is 11.0. The summed E-state index contributed by atoms with van der Waals surface area (Å²) in [6.07, 6.45) is 4.47. The van der Waals surface area contributed by atoms with Gasteiger partial charge in [0, 0.05) is 23.8 Å². The highest BCUT2D eigenvalue weighted by atomic mass is 32.2. The van der Waals surface area contributed by atoms with Gasteiger partial charge in [-0.15, -0.1) is 0 Å². The lowest BCUT2D eigenvalue weighted by Gasteiger charge is -2.29. The van der Waals surface area contributed by atoms with E-state index in [0.29, 0.717) is 6.54 Å². The fourth-order valence-corrected chi connectivity index (χ4v) is 5.34. The van der Waals surface area contributed by atoms with Crippen LogP contribution in [0.5, 0.6) is 0 Å². The highest BCUT2D eigenvalue weighted by Gasteiger charge is 2.70. The van der Waals surface area contributed by atoms with E-state index in [-0.39, 0.29) is 23.8 Å². The van der Waals surface area contributed by atoms with Crippen molar-refractivity contribution in [1.82, 2.24) is 10.2 Å². The van der Waals surface area contributed by atoms with Crippen LogP contribution in [0.15, 0.2) is 24.3 Å². The van der Waals surface area contributed by atoms with Crippen molar-refractivity contribution in [3.8, 4) is 0 Å². The van der Waals surface area contributed by atoms with Crippen LogP contribution in [0.3, 0.4) is 0 Å². The Balaban J connectivity index is 1.79. The molecule has 4 rings (SSSR count). The van der Waals surface area contributed by atoms with Crippen molar-refractivity contribution in [3.63, 3.8) is 0 Å².